The summed E-state index contributed by atoms with van der Waals surface area (Å²) in [5, 5.41) is 2.61. The van der Waals surface area contributed by atoms with Crippen LogP contribution in [0.3, 0.4) is 0 Å². The average molecular weight is 366 g/mol. The van der Waals surface area contributed by atoms with Crippen molar-refractivity contribution in [3.63, 3.8) is 0 Å². The Morgan fingerprint density at radius 3 is 2.52 bits per heavy atom. The van der Waals surface area contributed by atoms with E-state index in [0.29, 0.717) is 29.1 Å². The van der Waals surface area contributed by atoms with E-state index in [-0.39, 0.29) is 24.7 Å². The van der Waals surface area contributed by atoms with Crippen molar-refractivity contribution < 1.29 is 23.5 Å². The first-order chi connectivity index (χ1) is 13.0. The topological polar surface area (TPSA) is 98.5 Å². The summed E-state index contributed by atoms with van der Waals surface area (Å²) in [6, 6.07) is 13.7. The molecule has 0 spiro atoms. The van der Waals surface area contributed by atoms with Crippen LogP contribution in [0.5, 0.6) is 0 Å². The fourth-order valence-corrected chi connectivity index (χ4v) is 2.48. The second kappa shape index (κ2) is 8.27. The van der Waals surface area contributed by atoms with E-state index >= 15 is 0 Å². The lowest BCUT2D eigenvalue weighted by molar-refractivity contribution is -0.142. The lowest BCUT2D eigenvalue weighted by Gasteiger charge is -2.05. The average Bonchev–Trinajstić information content (AvgIpc) is 3.07. The minimum atomic E-state index is -0.500. The number of para-hydroxylation sites is 2. The fourth-order valence-electron chi connectivity index (χ4n) is 2.48. The van der Waals surface area contributed by atoms with Crippen LogP contribution >= 0.6 is 0 Å². The van der Waals surface area contributed by atoms with Gasteiger partial charge >= 0.3 is 5.97 Å². The number of Topliss-reactive ketones (excluding diaryl/α,β-unsaturated/α-hetero) is 1. The molecule has 7 heteroatoms. The van der Waals surface area contributed by atoms with Gasteiger partial charge in [-0.15, -0.1) is 0 Å². The van der Waals surface area contributed by atoms with Crippen molar-refractivity contribution in [2.24, 2.45) is 0 Å². The van der Waals surface area contributed by atoms with Crippen LogP contribution < -0.4 is 5.32 Å². The van der Waals surface area contributed by atoms with Crippen molar-refractivity contribution in [1.82, 2.24) is 4.98 Å². The number of carbonyl (C=O) groups is 3. The normalized spacial score (nSPS) is 10.6. The highest BCUT2D eigenvalue weighted by Gasteiger charge is 2.12. The van der Waals surface area contributed by atoms with E-state index in [4.69, 9.17) is 9.15 Å². The first kappa shape index (κ1) is 18.3. The molecule has 1 N–H and O–H groups in total. The van der Waals surface area contributed by atoms with E-state index in [9.17, 15) is 14.4 Å². The highest BCUT2D eigenvalue weighted by atomic mass is 16.5. The number of aryl methyl sites for hydroxylation is 1. The number of esters is 1. The number of oxazole rings is 1. The molecule has 27 heavy (non-hydrogen) atoms. The Morgan fingerprint density at radius 1 is 1.07 bits per heavy atom. The number of benzene rings is 2. The van der Waals surface area contributed by atoms with Gasteiger partial charge in [0.1, 0.15) is 5.52 Å². The van der Waals surface area contributed by atoms with Gasteiger partial charge < -0.3 is 14.5 Å². The molecule has 3 aromatic rings. The molecule has 0 aliphatic heterocycles. The smallest absolute Gasteiger partial charge is 0.306 e. The van der Waals surface area contributed by atoms with Gasteiger partial charge in [0.25, 0.3) is 0 Å². The van der Waals surface area contributed by atoms with Crippen LogP contribution in [0.4, 0.5) is 5.69 Å². The molecular formula is C20H18N2O5. The quantitative estimate of drug-likeness (QED) is 0.509. The van der Waals surface area contributed by atoms with Gasteiger partial charge in [0, 0.05) is 24.6 Å². The highest BCUT2D eigenvalue weighted by Crippen LogP contribution is 2.16. The van der Waals surface area contributed by atoms with Gasteiger partial charge in [-0.3, -0.25) is 14.4 Å². The van der Waals surface area contributed by atoms with E-state index in [1.807, 2.05) is 18.2 Å². The van der Waals surface area contributed by atoms with Crippen molar-refractivity contribution >= 4 is 34.4 Å². The summed E-state index contributed by atoms with van der Waals surface area (Å²) in [5.41, 5.74) is 2.39. The van der Waals surface area contributed by atoms with Crippen LogP contribution in [0.1, 0.15) is 29.6 Å². The zero-order valence-corrected chi connectivity index (χ0v) is 14.7. The third-order valence-corrected chi connectivity index (χ3v) is 3.77. The number of ketones is 1. The zero-order chi connectivity index (χ0) is 19.2. The number of amides is 1. The van der Waals surface area contributed by atoms with Crippen LogP contribution in [-0.4, -0.2) is 29.3 Å². The van der Waals surface area contributed by atoms with Gasteiger partial charge in [0.2, 0.25) is 5.91 Å². The van der Waals surface area contributed by atoms with Gasteiger partial charge in [-0.2, -0.15) is 0 Å². The van der Waals surface area contributed by atoms with Gasteiger partial charge in [-0.25, -0.2) is 4.98 Å². The molecule has 138 valence electrons. The number of aromatic nitrogens is 1. The molecule has 0 aliphatic carbocycles. The molecule has 0 atom stereocenters. The van der Waals surface area contributed by atoms with Gasteiger partial charge in [0.15, 0.2) is 23.9 Å². The van der Waals surface area contributed by atoms with E-state index in [1.54, 1.807) is 30.3 Å². The molecule has 0 radical (unpaired) electrons. The number of ether oxygens (including phenoxy) is 1. The summed E-state index contributed by atoms with van der Waals surface area (Å²) in [6.45, 7) is 1.06. The summed E-state index contributed by atoms with van der Waals surface area (Å²) < 4.78 is 10.6. The summed E-state index contributed by atoms with van der Waals surface area (Å²) in [5.74, 6) is -0.560. The second-order valence-corrected chi connectivity index (χ2v) is 5.92. The SMILES string of the molecule is CC(=O)Nc1ccc(C(=O)COC(=O)CCc2nc3ccccc3o2)cc1. The maximum absolute atomic E-state index is 12.1. The van der Waals surface area contributed by atoms with E-state index in [2.05, 4.69) is 10.3 Å². The summed E-state index contributed by atoms with van der Waals surface area (Å²) >= 11 is 0. The second-order valence-electron chi connectivity index (χ2n) is 5.92. The molecule has 0 fully saturated rings. The lowest BCUT2D eigenvalue weighted by Crippen LogP contribution is -2.14. The van der Waals surface area contributed by atoms with Gasteiger partial charge in [-0.1, -0.05) is 12.1 Å². The molecule has 2 aromatic carbocycles. The number of carbonyl (C=O) groups excluding carboxylic acids is 3. The predicted octanol–water partition coefficient (Wildman–Crippen LogP) is 3.14. The molecule has 0 unspecified atom stereocenters. The van der Waals surface area contributed by atoms with Crippen molar-refractivity contribution in [1.29, 1.82) is 0 Å². The maximum atomic E-state index is 12.1. The Kier molecular flexibility index (Phi) is 5.61. The van der Waals surface area contributed by atoms with E-state index in [1.165, 1.54) is 6.92 Å². The van der Waals surface area contributed by atoms with Crippen LogP contribution in [0.2, 0.25) is 0 Å². The molecule has 0 bridgehead atoms. The third-order valence-electron chi connectivity index (χ3n) is 3.77. The summed E-state index contributed by atoms with van der Waals surface area (Å²) in [7, 11) is 0. The van der Waals surface area contributed by atoms with Crippen LogP contribution in [0.25, 0.3) is 11.1 Å². The molecule has 1 amide bonds. The lowest BCUT2D eigenvalue weighted by atomic mass is 10.1. The van der Waals surface area contributed by atoms with Gasteiger partial charge in [-0.05, 0) is 36.4 Å². The Bertz CT molecular complexity index is 942. The van der Waals surface area contributed by atoms with E-state index in [0.717, 1.165) is 5.52 Å². The number of hydrogen-bond donors (Lipinski definition) is 1. The summed E-state index contributed by atoms with van der Waals surface area (Å²) in [6.07, 6.45) is 0.370. The minimum Gasteiger partial charge on any atom is -0.457 e. The Labute approximate surface area is 155 Å². The van der Waals surface area contributed by atoms with Crippen LogP contribution in [0.15, 0.2) is 52.9 Å². The maximum Gasteiger partial charge on any atom is 0.306 e. The number of anilines is 1. The minimum absolute atomic E-state index is 0.0710. The largest absolute Gasteiger partial charge is 0.457 e. The number of nitrogens with zero attached hydrogens (tertiary/aromatic N) is 1. The highest BCUT2D eigenvalue weighted by molar-refractivity contribution is 5.98. The molecule has 1 heterocycles. The molecule has 0 saturated heterocycles. The first-order valence-corrected chi connectivity index (χ1v) is 8.42. The first-order valence-electron chi connectivity index (χ1n) is 8.42. The van der Waals surface area contributed by atoms with Crippen LogP contribution in [-0.2, 0) is 20.7 Å². The van der Waals surface area contributed by atoms with Crippen molar-refractivity contribution in [2.45, 2.75) is 19.8 Å². The standard InChI is InChI=1S/C20H18N2O5/c1-13(23)21-15-8-6-14(7-9-15)17(24)12-26-20(25)11-10-19-22-16-4-2-3-5-18(16)27-19/h2-9H,10-12H2,1H3,(H,21,23). The molecule has 1 aromatic heterocycles. The molecular weight excluding hydrogens is 348 g/mol. The number of fused-ring (bicyclic) bond motifs is 1. The Balaban J connectivity index is 1.46. The van der Waals surface area contributed by atoms with Crippen molar-refractivity contribution in [3.05, 3.63) is 60.0 Å². The molecule has 0 aliphatic rings. The fraction of sp³-hybridized carbons (Fsp3) is 0.200. The third kappa shape index (κ3) is 5.01. The molecule has 3 rings (SSSR count). The Morgan fingerprint density at radius 2 is 1.81 bits per heavy atom. The number of hydrogen-bond acceptors (Lipinski definition) is 6. The van der Waals surface area contributed by atoms with Gasteiger partial charge in [0.05, 0.1) is 6.42 Å². The van der Waals surface area contributed by atoms with Crippen molar-refractivity contribution in [2.75, 3.05) is 11.9 Å². The monoisotopic (exact) mass is 366 g/mol. The summed E-state index contributed by atoms with van der Waals surface area (Å²) in [4.78, 5) is 39.2. The van der Waals surface area contributed by atoms with Crippen LogP contribution in [0, 0.1) is 0 Å². The zero-order valence-electron chi connectivity index (χ0n) is 14.7. The molecule has 7 nitrogen and oxygen atoms in total. The van der Waals surface area contributed by atoms with Crippen molar-refractivity contribution in [3.8, 4) is 0 Å². The van der Waals surface area contributed by atoms with E-state index < -0.39 is 5.97 Å². The predicted molar refractivity (Wildman–Crippen MR) is 98.4 cm³/mol. The number of nitrogens with one attached hydrogen (secondary N) is 1. The Hall–Kier alpha value is -3.48. The molecule has 0 saturated carbocycles. The number of rotatable bonds is 7.